The third-order valence-electron chi connectivity index (χ3n) is 2.39. The van der Waals surface area contributed by atoms with Crippen molar-refractivity contribution in [2.24, 2.45) is 0 Å². The molecular weight excluding hydrogens is 261 g/mol. The highest BCUT2D eigenvalue weighted by atomic mass is 35.5. The Balaban J connectivity index is 2.75. The second-order valence-corrected chi connectivity index (χ2v) is 3.93. The Morgan fingerprint density at radius 1 is 1.50 bits per heavy atom. The van der Waals surface area contributed by atoms with E-state index in [-0.39, 0.29) is 22.6 Å². The van der Waals surface area contributed by atoms with Gasteiger partial charge in [0, 0.05) is 5.39 Å². The summed E-state index contributed by atoms with van der Waals surface area (Å²) < 4.78 is 17.9. The lowest BCUT2D eigenvalue weighted by atomic mass is 10.1. The minimum atomic E-state index is -0.824. The van der Waals surface area contributed by atoms with Gasteiger partial charge in [0.15, 0.2) is 0 Å². The zero-order valence-corrected chi connectivity index (χ0v) is 10.2. The van der Waals surface area contributed by atoms with Crippen molar-refractivity contribution in [3.8, 4) is 0 Å². The Hall–Kier alpha value is -1.88. The Morgan fingerprint density at radius 2 is 2.22 bits per heavy atom. The van der Waals surface area contributed by atoms with Gasteiger partial charge in [-0.25, -0.2) is 9.18 Å². The highest BCUT2D eigenvalue weighted by Crippen LogP contribution is 2.24. The molecule has 0 unspecified atom stereocenters. The molecule has 0 radical (unpaired) electrons. The van der Waals surface area contributed by atoms with Crippen LogP contribution in [0.4, 0.5) is 4.39 Å². The van der Waals surface area contributed by atoms with Gasteiger partial charge in [0.05, 0.1) is 17.1 Å². The molecule has 0 amide bonds. The van der Waals surface area contributed by atoms with Crippen molar-refractivity contribution in [2.45, 2.75) is 6.92 Å². The molecule has 0 saturated heterocycles. The lowest BCUT2D eigenvalue weighted by Crippen LogP contribution is -2.20. The zero-order valence-electron chi connectivity index (χ0n) is 9.42. The van der Waals surface area contributed by atoms with Gasteiger partial charge in [0.2, 0.25) is 0 Å². The molecule has 4 nitrogen and oxygen atoms in total. The number of esters is 1. The number of rotatable bonds is 2. The fourth-order valence-corrected chi connectivity index (χ4v) is 1.93. The summed E-state index contributed by atoms with van der Waals surface area (Å²) in [5.41, 5.74) is -0.603. The van der Waals surface area contributed by atoms with E-state index in [0.29, 0.717) is 5.52 Å². The Morgan fingerprint density at radius 3 is 2.89 bits per heavy atom. The summed E-state index contributed by atoms with van der Waals surface area (Å²) in [7, 11) is 0. The molecule has 0 fully saturated rings. The van der Waals surface area contributed by atoms with Gasteiger partial charge in [-0.1, -0.05) is 11.6 Å². The number of carbonyl (C=O) groups excluding carboxylic acids is 1. The first-order chi connectivity index (χ1) is 8.54. The van der Waals surface area contributed by atoms with Gasteiger partial charge in [-0.3, -0.25) is 4.79 Å². The SMILES string of the molecule is CCOC(=O)c1c(Cl)c2cc(F)ccc2[nH]c1=O. The van der Waals surface area contributed by atoms with Gasteiger partial charge in [0.1, 0.15) is 11.4 Å². The molecule has 0 aliphatic heterocycles. The van der Waals surface area contributed by atoms with Crippen LogP contribution in [-0.4, -0.2) is 17.6 Å². The molecule has 2 rings (SSSR count). The van der Waals surface area contributed by atoms with Crippen molar-refractivity contribution in [1.29, 1.82) is 0 Å². The predicted octanol–water partition coefficient (Wildman–Crippen LogP) is 2.50. The highest BCUT2D eigenvalue weighted by molar-refractivity contribution is 6.38. The number of nitrogens with one attached hydrogen (secondary N) is 1. The summed E-state index contributed by atoms with van der Waals surface area (Å²) in [6, 6.07) is 3.72. The molecule has 18 heavy (non-hydrogen) atoms. The van der Waals surface area contributed by atoms with Crippen LogP contribution in [-0.2, 0) is 4.74 Å². The smallest absolute Gasteiger partial charge is 0.345 e. The topological polar surface area (TPSA) is 59.2 Å². The van der Waals surface area contributed by atoms with Crippen molar-refractivity contribution >= 4 is 28.5 Å². The lowest BCUT2D eigenvalue weighted by Gasteiger charge is -2.06. The third-order valence-corrected chi connectivity index (χ3v) is 2.78. The van der Waals surface area contributed by atoms with E-state index >= 15 is 0 Å². The predicted molar refractivity (Wildman–Crippen MR) is 65.5 cm³/mol. The van der Waals surface area contributed by atoms with Crippen LogP contribution in [0, 0.1) is 5.82 Å². The summed E-state index contributed by atoms with van der Waals surface area (Å²) in [6.07, 6.45) is 0. The Bertz CT molecular complexity index is 681. The van der Waals surface area contributed by atoms with E-state index in [1.807, 2.05) is 0 Å². The van der Waals surface area contributed by atoms with Crippen molar-refractivity contribution in [2.75, 3.05) is 6.61 Å². The molecule has 1 aromatic heterocycles. The van der Waals surface area contributed by atoms with Crippen molar-refractivity contribution in [1.82, 2.24) is 4.98 Å². The van der Waals surface area contributed by atoms with E-state index in [2.05, 4.69) is 4.98 Å². The summed E-state index contributed by atoms with van der Waals surface area (Å²) in [5, 5.41) is 0.158. The number of fused-ring (bicyclic) bond motifs is 1. The second-order valence-electron chi connectivity index (χ2n) is 3.55. The number of aromatic amines is 1. The fraction of sp³-hybridized carbons (Fsp3) is 0.167. The zero-order chi connectivity index (χ0) is 13.3. The summed E-state index contributed by atoms with van der Waals surface area (Å²) in [5.74, 6) is -1.33. The molecule has 6 heteroatoms. The molecule has 94 valence electrons. The summed E-state index contributed by atoms with van der Waals surface area (Å²) in [6.45, 7) is 1.73. The molecule has 0 aliphatic carbocycles. The average Bonchev–Trinajstić information content (AvgIpc) is 2.31. The standard InChI is InChI=1S/C12H9ClFNO3/c1-2-18-12(17)9-10(13)7-5-6(14)3-4-8(7)15-11(9)16/h3-5H,2H2,1H3,(H,15,16). The van der Waals surface area contributed by atoms with Crippen molar-refractivity contribution in [3.63, 3.8) is 0 Å². The van der Waals surface area contributed by atoms with E-state index in [0.717, 1.165) is 6.07 Å². The van der Waals surface area contributed by atoms with Gasteiger partial charge < -0.3 is 9.72 Å². The maximum atomic E-state index is 13.1. The average molecular weight is 270 g/mol. The summed E-state index contributed by atoms with van der Waals surface area (Å²) >= 11 is 5.96. The number of aromatic nitrogens is 1. The molecule has 1 heterocycles. The fourth-order valence-electron chi connectivity index (χ4n) is 1.61. The van der Waals surface area contributed by atoms with Crippen LogP contribution in [0.5, 0.6) is 0 Å². The number of carbonyl (C=O) groups is 1. The van der Waals surface area contributed by atoms with Gasteiger partial charge in [-0.15, -0.1) is 0 Å². The van der Waals surface area contributed by atoms with E-state index in [4.69, 9.17) is 16.3 Å². The van der Waals surface area contributed by atoms with Crippen LogP contribution in [0.25, 0.3) is 10.9 Å². The number of hydrogen-bond donors (Lipinski definition) is 1. The third kappa shape index (κ3) is 2.09. The number of benzene rings is 1. The van der Waals surface area contributed by atoms with Gasteiger partial charge in [0.25, 0.3) is 5.56 Å². The van der Waals surface area contributed by atoms with Crippen molar-refractivity contribution < 1.29 is 13.9 Å². The van der Waals surface area contributed by atoms with Crippen LogP contribution in [0.1, 0.15) is 17.3 Å². The van der Waals surface area contributed by atoms with Crippen LogP contribution in [0.15, 0.2) is 23.0 Å². The summed E-state index contributed by atoms with van der Waals surface area (Å²) in [4.78, 5) is 25.8. The van der Waals surface area contributed by atoms with Gasteiger partial charge in [-0.05, 0) is 25.1 Å². The minimum Gasteiger partial charge on any atom is -0.462 e. The molecule has 2 aromatic rings. The van der Waals surface area contributed by atoms with Crippen LogP contribution in [0.3, 0.4) is 0 Å². The molecular formula is C12H9ClFNO3. The first kappa shape index (κ1) is 12.6. The van der Waals surface area contributed by atoms with E-state index in [1.165, 1.54) is 12.1 Å². The Kier molecular flexibility index (Phi) is 3.34. The molecule has 0 bridgehead atoms. The van der Waals surface area contributed by atoms with Crippen molar-refractivity contribution in [3.05, 3.63) is 45.0 Å². The first-order valence-electron chi connectivity index (χ1n) is 5.22. The maximum Gasteiger partial charge on any atom is 0.345 e. The minimum absolute atomic E-state index is 0.105. The van der Waals surface area contributed by atoms with Crippen LogP contribution in [0.2, 0.25) is 5.02 Å². The second kappa shape index (κ2) is 4.78. The normalized spacial score (nSPS) is 10.6. The van der Waals surface area contributed by atoms with E-state index in [1.54, 1.807) is 6.92 Å². The molecule has 0 atom stereocenters. The van der Waals surface area contributed by atoms with Crippen LogP contribution < -0.4 is 5.56 Å². The first-order valence-corrected chi connectivity index (χ1v) is 5.60. The molecule has 0 saturated carbocycles. The quantitative estimate of drug-likeness (QED) is 0.852. The molecule has 0 spiro atoms. The maximum absolute atomic E-state index is 13.1. The monoisotopic (exact) mass is 269 g/mol. The van der Waals surface area contributed by atoms with E-state index < -0.39 is 17.3 Å². The van der Waals surface area contributed by atoms with Crippen LogP contribution >= 0.6 is 11.6 Å². The molecule has 1 N–H and O–H groups in total. The molecule has 0 aliphatic rings. The number of hydrogen-bond acceptors (Lipinski definition) is 3. The largest absolute Gasteiger partial charge is 0.462 e. The Labute approximate surface area is 106 Å². The lowest BCUT2D eigenvalue weighted by molar-refractivity contribution is 0.0524. The number of pyridine rings is 1. The molecule has 1 aromatic carbocycles. The van der Waals surface area contributed by atoms with Gasteiger partial charge in [-0.2, -0.15) is 0 Å². The number of H-pyrrole nitrogens is 1. The van der Waals surface area contributed by atoms with Gasteiger partial charge >= 0.3 is 5.97 Å². The number of ether oxygens (including phenoxy) is 1. The highest BCUT2D eigenvalue weighted by Gasteiger charge is 2.19. The van der Waals surface area contributed by atoms with E-state index in [9.17, 15) is 14.0 Å². The number of halogens is 2.